The predicted octanol–water partition coefficient (Wildman–Crippen LogP) is 2.02. The first-order chi connectivity index (χ1) is 6.16. The van der Waals surface area contributed by atoms with E-state index in [1.165, 1.54) is 0 Å². The van der Waals surface area contributed by atoms with Crippen LogP contribution in [0, 0.1) is 0 Å². The Morgan fingerprint density at radius 2 is 2.00 bits per heavy atom. The number of pyridine rings is 1. The lowest BCUT2D eigenvalue weighted by atomic mass is 10.3. The fourth-order valence-corrected chi connectivity index (χ4v) is 1.45. The minimum absolute atomic E-state index is 0.107. The smallest absolute Gasteiger partial charge is 0.226 e. The highest BCUT2D eigenvalue weighted by atomic mass is 79.9. The van der Waals surface area contributed by atoms with Crippen molar-refractivity contribution in [2.75, 3.05) is 5.73 Å². The Morgan fingerprint density at radius 1 is 1.23 bits per heavy atom. The fourth-order valence-electron chi connectivity index (χ4n) is 0.982. The van der Waals surface area contributed by atoms with Crippen LogP contribution in [0.4, 0.5) is 5.82 Å². The standard InChI is InChI=1S/C7H4BrClN4/c8-4-2-1-3-5(10)12-7(9)13-6(3)11-4/h1-2H,(H2,10,11,12,13). The molecule has 0 unspecified atom stereocenters. The molecule has 2 heterocycles. The number of nitrogens with zero attached hydrogens (tertiary/aromatic N) is 3. The van der Waals surface area contributed by atoms with E-state index in [0.717, 1.165) is 0 Å². The quantitative estimate of drug-likeness (QED) is 0.581. The van der Waals surface area contributed by atoms with Crippen molar-refractivity contribution < 1.29 is 0 Å². The van der Waals surface area contributed by atoms with E-state index in [0.29, 0.717) is 21.5 Å². The second-order valence-corrected chi connectivity index (χ2v) is 3.53. The first kappa shape index (κ1) is 8.65. The number of nitrogens with two attached hydrogens (primary N) is 1. The third kappa shape index (κ3) is 1.57. The van der Waals surface area contributed by atoms with E-state index in [1.54, 1.807) is 12.1 Å². The molecule has 0 fully saturated rings. The van der Waals surface area contributed by atoms with E-state index in [-0.39, 0.29) is 5.28 Å². The molecule has 2 N–H and O–H groups in total. The Morgan fingerprint density at radius 3 is 2.77 bits per heavy atom. The van der Waals surface area contributed by atoms with Gasteiger partial charge in [0, 0.05) is 0 Å². The third-order valence-corrected chi connectivity index (χ3v) is 2.14. The van der Waals surface area contributed by atoms with Crippen LogP contribution in [-0.2, 0) is 0 Å². The van der Waals surface area contributed by atoms with Crippen LogP contribution < -0.4 is 5.73 Å². The molecule has 66 valence electrons. The molecule has 6 heteroatoms. The van der Waals surface area contributed by atoms with Gasteiger partial charge < -0.3 is 5.73 Å². The molecule has 0 aromatic carbocycles. The van der Waals surface area contributed by atoms with E-state index < -0.39 is 0 Å². The van der Waals surface area contributed by atoms with Crippen LogP contribution in [0.3, 0.4) is 0 Å². The number of hydrogen-bond donors (Lipinski definition) is 1. The largest absolute Gasteiger partial charge is 0.383 e. The van der Waals surface area contributed by atoms with Crippen molar-refractivity contribution in [3.8, 4) is 0 Å². The molecule has 0 aliphatic carbocycles. The van der Waals surface area contributed by atoms with Crippen molar-refractivity contribution in [2.45, 2.75) is 0 Å². The number of aromatic nitrogens is 3. The highest BCUT2D eigenvalue weighted by molar-refractivity contribution is 9.10. The van der Waals surface area contributed by atoms with Gasteiger partial charge in [0.05, 0.1) is 5.39 Å². The summed E-state index contributed by atoms with van der Waals surface area (Å²) in [6, 6.07) is 3.56. The molecule has 0 aliphatic heterocycles. The van der Waals surface area contributed by atoms with Crippen molar-refractivity contribution in [2.24, 2.45) is 0 Å². The maximum absolute atomic E-state index is 5.62. The maximum atomic E-state index is 5.62. The van der Waals surface area contributed by atoms with Crippen molar-refractivity contribution in [1.82, 2.24) is 15.0 Å². The van der Waals surface area contributed by atoms with Crippen molar-refractivity contribution in [1.29, 1.82) is 0 Å². The lowest BCUT2D eigenvalue weighted by molar-refractivity contribution is 1.18. The van der Waals surface area contributed by atoms with E-state index in [1.807, 2.05) is 0 Å². The summed E-state index contributed by atoms with van der Waals surface area (Å²) in [5, 5.41) is 0.809. The Bertz CT molecular complexity index is 468. The molecule has 0 spiro atoms. The van der Waals surface area contributed by atoms with Crippen LogP contribution in [-0.4, -0.2) is 15.0 Å². The molecule has 0 radical (unpaired) electrons. The SMILES string of the molecule is Nc1nc(Cl)nc2nc(Br)ccc12. The fraction of sp³-hybridized carbons (Fsp3) is 0. The summed E-state index contributed by atoms with van der Waals surface area (Å²) in [5.41, 5.74) is 6.11. The predicted molar refractivity (Wildman–Crippen MR) is 54.5 cm³/mol. The zero-order chi connectivity index (χ0) is 9.42. The summed E-state index contributed by atoms with van der Waals surface area (Å²) < 4.78 is 0.689. The molecule has 4 nitrogen and oxygen atoms in total. The van der Waals surface area contributed by atoms with Gasteiger partial charge >= 0.3 is 0 Å². The summed E-state index contributed by atoms with van der Waals surface area (Å²) in [6.45, 7) is 0. The Balaban J connectivity index is 2.86. The van der Waals surface area contributed by atoms with Crippen molar-refractivity contribution >= 4 is 44.4 Å². The van der Waals surface area contributed by atoms with Crippen LogP contribution in [0.1, 0.15) is 0 Å². The molecular formula is C7H4BrClN4. The monoisotopic (exact) mass is 258 g/mol. The maximum Gasteiger partial charge on any atom is 0.226 e. The molecule has 0 bridgehead atoms. The lowest BCUT2D eigenvalue weighted by Crippen LogP contribution is -1.96. The zero-order valence-corrected chi connectivity index (χ0v) is 8.67. The van der Waals surface area contributed by atoms with Gasteiger partial charge in [-0.05, 0) is 39.7 Å². The van der Waals surface area contributed by atoms with Gasteiger partial charge in [-0.15, -0.1) is 0 Å². The topological polar surface area (TPSA) is 64.7 Å². The first-order valence-electron chi connectivity index (χ1n) is 3.42. The molecule has 0 saturated carbocycles. The molecule has 13 heavy (non-hydrogen) atoms. The Labute approximate surface area is 87.3 Å². The van der Waals surface area contributed by atoms with Crippen LogP contribution in [0.15, 0.2) is 16.7 Å². The minimum Gasteiger partial charge on any atom is -0.383 e. The van der Waals surface area contributed by atoms with E-state index in [2.05, 4.69) is 30.9 Å². The van der Waals surface area contributed by atoms with Gasteiger partial charge in [0.25, 0.3) is 0 Å². The van der Waals surface area contributed by atoms with E-state index >= 15 is 0 Å². The molecule has 0 aliphatic rings. The first-order valence-corrected chi connectivity index (χ1v) is 4.59. The van der Waals surface area contributed by atoms with Gasteiger partial charge in [-0.2, -0.15) is 4.98 Å². The highest BCUT2D eigenvalue weighted by Gasteiger charge is 2.04. The summed E-state index contributed by atoms with van der Waals surface area (Å²) in [4.78, 5) is 11.8. The van der Waals surface area contributed by atoms with Gasteiger partial charge in [-0.1, -0.05) is 0 Å². The molecule has 0 atom stereocenters. The normalized spacial score (nSPS) is 10.6. The summed E-state index contributed by atoms with van der Waals surface area (Å²) in [5.74, 6) is 0.343. The number of halogens is 2. The van der Waals surface area contributed by atoms with Gasteiger partial charge in [0.15, 0.2) is 5.65 Å². The van der Waals surface area contributed by atoms with E-state index in [9.17, 15) is 0 Å². The number of hydrogen-bond acceptors (Lipinski definition) is 4. The molecule has 0 amide bonds. The Hall–Kier alpha value is -0.940. The third-order valence-electron chi connectivity index (χ3n) is 1.53. The average Bonchev–Trinajstić information content (AvgIpc) is 2.02. The number of fused-ring (bicyclic) bond motifs is 1. The van der Waals surface area contributed by atoms with Gasteiger partial charge in [0.2, 0.25) is 5.28 Å². The van der Waals surface area contributed by atoms with Crippen LogP contribution in [0.25, 0.3) is 11.0 Å². The minimum atomic E-state index is 0.107. The van der Waals surface area contributed by atoms with Gasteiger partial charge in [0.1, 0.15) is 10.4 Å². The second-order valence-electron chi connectivity index (χ2n) is 2.38. The number of nitrogen functional groups attached to an aromatic ring is 1. The van der Waals surface area contributed by atoms with Crippen LogP contribution in [0.5, 0.6) is 0 Å². The zero-order valence-electron chi connectivity index (χ0n) is 6.33. The van der Waals surface area contributed by atoms with Crippen molar-refractivity contribution in [3.05, 3.63) is 22.0 Å². The average molecular weight is 259 g/mol. The number of anilines is 1. The lowest BCUT2D eigenvalue weighted by Gasteiger charge is -2.00. The van der Waals surface area contributed by atoms with Gasteiger partial charge in [-0.3, -0.25) is 0 Å². The van der Waals surface area contributed by atoms with Crippen molar-refractivity contribution in [3.63, 3.8) is 0 Å². The molecule has 2 rings (SSSR count). The number of rotatable bonds is 0. The summed E-state index contributed by atoms with van der Waals surface area (Å²) >= 11 is 8.84. The van der Waals surface area contributed by atoms with Crippen LogP contribution >= 0.6 is 27.5 Å². The molecule has 2 aromatic heterocycles. The molecular weight excluding hydrogens is 255 g/mol. The van der Waals surface area contributed by atoms with E-state index in [4.69, 9.17) is 17.3 Å². The second kappa shape index (κ2) is 3.08. The van der Waals surface area contributed by atoms with Gasteiger partial charge in [-0.25, -0.2) is 9.97 Å². The summed E-state index contributed by atoms with van der Waals surface area (Å²) in [6.07, 6.45) is 0. The Kier molecular flexibility index (Phi) is 2.05. The molecule has 0 saturated heterocycles. The summed E-state index contributed by atoms with van der Waals surface area (Å²) in [7, 11) is 0. The van der Waals surface area contributed by atoms with Crippen LogP contribution in [0.2, 0.25) is 5.28 Å². The molecule has 2 aromatic rings. The highest BCUT2D eigenvalue weighted by Crippen LogP contribution is 2.19.